The summed E-state index contributed by atoms with van der Waals surface area (Å²) in [5.74, 6) is -2.60. The molecule has 0 saturated heterocycles. The van der Waals surface area contributed by atoms with E-state index in [-0.39, 0.29) is 22.7 Å². The van der Waals surface area contributed by atoms with Gasteiger partial charge in [0.05, 0.1) is 12.5 Å². The Balaban J connectivity index is 1.73. The van der Waals surface area contributed by atoms with Crippen LogP contribution in [0.15, 0.2) is 57.7 Å². The molecular formula is C19H13FO6. The Morgan fingerprint density at radius 1 is 1.12 bits per heavy atom. The zero-order valence-corrected chi connectivity index (χ0v) is 13.7. The monoisotopic (exact) mass is 356 g/mol. The number of rotatable bonds is 5. The molecule has 0 bridgehead atoms. The number of para-hydroxylation sites is 1. The van der Waals surface area contributed by atoms with Gasteiger partial charge >= 0.3 is 5.97 Å². The molecule has 0 aliphatic rings. The number of ether oxygens (including phenoxy) is 2. The Labute approximate surface area is 146 Å². The van der Waals surface area contributed by atoms with Crippen molar-refractivity contribution in [3.8, 4) is 5.75 Å². The van der Waals surface area contributed by atoms with Crippen molar-refractivity contribution in [1.82, 2.24) is 0 Å². The number of fused-ring (bicyclic) bond motifs is 1. The van der Waals surface area contributed by atoms with Gasteiger partial charge in [0, 0.05) is 11.6 Å². The molecule has 26 heavy (non-hydrogen) atoms. The highest BCUT2D eigenvalue weighted by Crippen LogP contribution is 2.18. The minimum Gasteiger partial charge on any atom is -0.494 e. The molecule has 3 rings (SSSR count). The Kier molecular flexibility index (Phi) is 4.79. The van der Waals surface area contributed by atoms with E-state index < -0.39 is 29.6 Å². The van der Waals surface area contributed by atoms with Crippen LogP contribution in [0.2, 0.25) is 0 Å². The molecule has 2 aromatic carbocycles. The van der Waals surface area contributed by atoms with Crippen molar-refractivity contribution in [2.45, 2.75) is 0 Å². The molecule has 6 nitrogen and oxygen atoms in total. The number of carbonyl (C=O) groups excluding carboxylic acids is 2. The smallest absolute Gasteiger partial charge is 0.374 e. The number of ketones is 1. The average molecular weight is 356 g/mol. The maximum absolute atomic E-state index is 13.6. The summed E-state index contributed by atoms with van der Waals surface area (Å²) in [5, 5.41) is 0.328. The van der Waals surface area contributed by atoms with Crippen LogP contribution >= 0.6 is 0 Å². The van der Waals surface area contributed by atoms with Gasteiger partial charge in [-0.1, -0.05) is 12.1 Å². The third-order valence-electron chi connectivity index (χ3n) is 3.64. The number of carbonyl (C=O) groups is 2. The largest absolute Gasteiger partial charge is 0.494 e. The SMILES string of the molecule is COc1ccc(C(=O)COC(=O)c2cc(=O)c3ccccc3o2)cc1F. The second kappa shape index (κ2) is 7.18. The summed E-state index contributed by atoms with van der Waals surface area (Å²) < 4.78 is 28.6. The molecule has 0 spiro atoms. The molecular weight excluding hydrogens is 343 g/mol. The molecule has 7 heteroatoms. The van der Waals surface area contributed by atoms with E-state index in [4.69, 9.17) is 13.9 Å². The number of halogens is 1. The lowest BCUT2D eigenvalue weighted by atomic mass is 10.1. The van der Waals surface area contributed by atoms with E-state index in [1.54, 1.807) is 24.3 Å². The van der Waals surface area contributed by atoms with E-state index in [9.17, 15) is 18.8 Å². The van der Waals surface area contributed by atoms with Gasteiger partial charge in [0.2, 0.25) is 5.76 Å². The van der Waals surface area contributed by atoms with Crippen molar-refractivity contribution < 1.29 is 27.9 Å². The molecule has 0 saturated carbocycles. The highest BCUT2D eigenvalue weighted by atomic mass is 19.1. The third kappa shape index (κ3) is 3.46. The summed E-state index contributed by atoms with van der Waals surface area (Å²) in [6.07, 6.45) is 0. The van der Waals surface area contributed by atoms with Crippen LogP contribution in [-0.4, -0.2) is 25.5 Å². The molecule has 0 N–H and O–H groups in total. The first-order chi connectivity index (χ1) is 12.5. The summed E-state index contributed by atoms with van der Waals surface area (Å²) in [6, 6.07) is 11.1. The highest BCUT2D eigenvalue weighted by Gasteiger charge is 2.17. The molecule has 0 atom stereocenters. The van der Waals surface area contributed by atoms with Crippen LogP contribution in [0.4, 0.5) is 4.39 Å². The lowest BCUT2D eigenvalue weighted by Crippen LogP contribution is -2.16. The topological polar surface area (TPSA) is 82.8 Å². The molecule has 0 aliphatic heterocycles. The van der Waals surface area contributed by atoms with Crippen molar-refractivity contribution in [2.24, 2.45) is 0 Å². The maximum Gasteiger partial charge on any atom is 0.374 e. The first kappa shape index (κ1) is 17.3. The summed E-state index contributed by atoms with van der Waals surface area (Å²) >= 11 is 0. The Hall–Kier alpha value is -3.48. The van der Waals surface area contributed by atoms with Crippen molar-refractivity contribution in [1.29, 1.82) is 0 Å². The van der Waals surface area contributed by atoms with Crippen LogP contribution in [0.25, 0.3) is 11.0 Å². The number of hydrogen-bond donors (Lipinski definition) is 0. The Morgan fingerprint density at radius 3 is 2.62 bits per heavy atom. The predicted molar refractivity (Wildman–Crippen MR) is 90.0 cm³/mol. The van der Waals surface area contributed by atoms with E-state index in [0.29, 0.717) is 5.39 Å². The van der Waals surface area contributed by atoms with Gasteiger partial charge in [0.15, 0.2) is 29.4 Å². The van der Waals surface area contributed by atoms with Crippen molar-refractivity contribution >= 4 is 22.7 Å². The zero-order valence-electron chi connectivity index (χ0n) is 13.7. The second-order valence-corrected chi connectivity index (χ2v) is 5.32. The summed E-state index contributed by atoms with van der Waals surface area (Å²) in [7, 11) is 1.30. The number of methoxy groups -OCH3 is 1. The van der Waals surface area contributed by atoms with E-state index >= 15 is 0 Å². The normalized spacial score (nSPS) is 10.5. The van der Waals surface area contributed by atoms with Gasteiger partial charge in [-0.15, -0.1) is 0 Å². The van der Waals surface area contributed by atoms with Crippen LogP contribution in [-0.2, 0) is 4.74 Å². The molecule has 0 radical (unpaired) electrons. The molecule has 1 heterocycles. The maximum atomic E-state index is 13.6. The Morgan fingerprint density at radius 2 is 1.88 bits per heavy atom. The lowest BCUT2D eigenvalue weighted by Gasteiger charge is -2.06. The van der Waals surface area contributed by atoms with Gasteiger partial charge in [-0.25, -0.2) is 9.18 Å². The number of hydrogen-bond acceptors (Lipinski definition) is 6. The van der Waals surface area contributed by atoms with Crippen LogP contribution < -0.4 is 10.2 Å². The molecule has 0 unspecified atom stereocenters. The van der Waals surface area contributed by atoms with Gasteiger partial charge in [-0.05, 0) is 30.3 Å². The molecule has 3 aromatic rings. The molecule has 0 fully saturated rings. The fourth-order valence-corrected chi connectivity index (χ4v) is 2.33. The quantitative estimate of drug-likeness (QED) is 0.516. The molecule has 0 amide bonds. The van der Waals surface area contributed by atoms with Gasteiger partial charge in [0.25, 0.3) is 0 Å². The van der Waals surface area contributed by atoms with E-state index in [0.717, 1.165) is 12.1 Å². The standard InChI is InChI=1S/C19H13FO6/c1-24-17-7-6-11(8-13(17)20)15(22)10-25-19(23)18-9-14(21)12-4-2-3-5-16(12)26-18/h2-9H,10H2,1H3. The van der Waals surface area contributed by atoms with Crippen molar-refractivity contribution in [3.05, 3.63) is 75.9 Å². The van der Waals surface area contributed by atoms with Gasteiger partial charge in [-0.3, -0.25) is 9.59 Å². The Bertz CT molecular complexity index is 1050. The average Bonchev–Trinajstić information content (AvgIpc) is 2.65. The van der Waals surface area contributed by atoms with Crippen LogP contribution in [0.1, 0.15) is 20.9 Å². The number of Topliss-reactive ketones (excluding diaryl/α,β-unsaturated/α-hetero) is 1. The van der Waals surface area contributed by atoms with Crippen LogP contribution in [0.5, 0.6) is 5.75 Å². The van der Waals surface area contributed by atoms with Crippen molar-refractivity contribution in [2.75, 3.05) is 13.7 Å². The molecule has 0 aliphatic carbocycles. The highest BCUT2D eigenvalue weighted by molar-refractivity contribution is 5.99. The predicted octanol–water partition coefficient (Wildman–Crippen LogP) is 2.98. The zero-order chi connectivity index (χ0) is 18.7. The van der Waals surface area contributed by atoms with Gasteiger partial charge in [-0.2, -0.15) is 0 Å². The van der Waals surface area contributed by atoms with Crippen molar-refractivity contribution in [3.63, 3.8) is 0 Å². The van der Waals surface area contributed by atoms with E-state index in [2.05, 4.69) is 0 Å². The first-order valence-corrected chi connectivity index (χ1v) is 7.56. The first-order valence-electron chi connectivity index (χ1n) is 7.56. The number of esters is 1. The fraction of sp³-hybridized carbons (Fsp3) is 0.105. The third-order valence-corrected chi connectivity index (χ3v) is 3.64. The minimum atomic E-state index is -0.963. The van der Waals surface area contributed by atoms with Crippen LogP contribution in [0, 0.1) is 5.82 Å². The van der Waals surface area contributed by atoms with E-state index in [1.165, 1.54) is 19.2 Å². The number of benzene rings is 2. The van der Waals surface area contributed by atoms with E-state index in [1.807, 2.05) is 0 Å². The summed E-state index contributed by atoms with van der Waals surface area (Å²) in [4.78, 5) is 36.1. The van der Waals surface area contributed by atoms with Gasteiger partial charge < -0.3 is 13.9 Å². The lowest BCUT2D eigenvalue weighted by molar-refractivity contribution is 0.0444. The summed E-state index contributed by atoms with van der Waals surface area (Å²) in [5.41, 5.74) is -0.145. The fourth-order valence-electron chi connectivity index (χ4n) is 2.33. The van der Waals surface area contributed by atoms with Crippen LogP contribution in [0.3, 0.4) is 0 Å². The minimum absolute atomic E-state index is 0.00326. The summed E-state index contributed by atoms with van der Waals surface area (Å²) in [6.45, 7) is -0.624. The second-order valence-electron chi connectivity index (χ2n) is 5.32. The van der Waals surface area contributed by atoms with Gasteiger partial charge in [0.1, 0.15) is 5.58 Å². The molecule has 1 aromatic heterocycles. The molecule has 132 valence electrons.